The average molecular weight is 423 g/mol. The van der Waals surface area contributed by atoms with Crippen LogP contribution < -0.4 is 16.0 Å². The molecule has 0 aliphatic heterocycles. The lowest BCUT2D eigenvalue weighted by Gasteiger charge is -2.11. The van der Waals surface area contributed by atoms with Gasteiger partial charge in [-0.25, -0.2) is 4.98 Å². The summed E-state index contributed by atoms with van der Waals surface area (Å²) in [7, 11) is 1.65. The number of nitrogens with two attached hydrogens (primary N) is 1. The van der Waals surface area contributed by atoms with Crippen molar-refractivity contribution in [2.24, 2.45) is 5.73 Å². The zero-order chi connectivity index (χ0) is 21.3. The quantitative estimate of drug-likeness (QED) is 0.492. The molecule has 3 heterocycles. The molecule has 0 aliphatic carbocycles. The molecule has 4 aromatic rings. The van der Waals surface area contributed by atoms with E-state index < -0.39 is 5.91 Å². The first-order valence-corrected chi connectivity index (χ1v) is 10.3. The molecule has 0 aliphatic rings. The van der Waals surface area contributed by atoms with Crippen molar-refractivity contribution >= 4 is 27.3 Å². The van der Waals surface area contributed by atoms with Gasteiger partial charge in [-0.3, -0.25) is 9.59 Å². The predicted octanol–water partition coefficient (Wildman–Crippen LogP) is 3.31. The highest BCUT2D eigenvalue weighted by molar-refractivity contribution is 7.22. The first-order chi connectivity index (χ1) is 14.5. The third kappa shape index (κ3) is 3.61. The number of oxazole rings is 1. The number of carbonyl (C=O) groups excluding carboxylic acids is 1. The standard InChI is InChI=1S/C22H21N3O4S/c1-13-18-20(30-19(13)21-24-9-10-29-21)15(11-25(22(18)27)12-17(23)26)8-7-14-5-3-4-6-16(14)28-2/h3-6,9-11H,7-8,12H2,1-2H3,(H2,23,26). The van der Waals surface area contributed by atoms with E-state index in [0.29, 0.717) is 17.7 Å². The van der Waals surface area contributed by atoms with E-state index in [1.807, 2.05) is 31.2 Å². The largest absolute Gasteiger partial charge is 0.496 e. The molecule has 1 aromatic carbocycles. The molecule has 0 fully saturated rings. The molecule has 3 aromatic heterocycles. The molecular weight excluding hydrogens is 402 g/mol. The van der Waals surface area contributed by atoms with E-state index in [9.17, 15) is 9.59 Å². The summed E-state index contributed by atoms with van der Waals surface area (Å²) in [6.45, 7) is 1.71. The molecule has 2 N–H and O–H groups in total. The molecule has 0 saturated carbocycles. The van der Waals surface area contributed by atoms with Gasteiger partial charge in [0.15, 0.2) is 0 Å². The van der Waals surface area contributed by atoms with Crippen molar-refractivity contribution in [3.05, 3.63) is 70.0 Å². The van der Waals surface area contributed by atoms with Crippen LogP contribution in [0.2, 0.25) is 0 Å². The fraction of sp³-hybridized carbons (Fsp3) is 0.227. The number of rotatable bonds is 7. The number of hydrogen-bond donors (Lipinski definition) is 1. The summed E-state index contributed by atoms with van der Waals surface area (Å²) in [6, 6.07) is 7.85. The Morgan fingerprint density at radius 1 is 1.27 bits per heavy atom. The number of fused-ring (bicyclic) bond motifs is 1. The maximum absolute atomic E-state index is 13.1. The van der Waals surface area contributed by atoms with Crippen LogP contribution in [0.15, 0.2) is 52.1 Å². The van der Waals surface area contributed by atoms with Gasteiger partial charge in [0, 0.05) is 10.9 Å². The zero-order valence-electron chi connectivity index (χ0n) is 16.7. The number of nitrogens with zero attached hydrogens (tertiary/aromatic N) is 2. The summed E-state index contributed by atoms with van der Waals surface area (Å²) in [5, 5.41) is 0.576. The van der Waals surface area contributed by atoms with E-state index in [0.717, 1.165) is 38.4 Å². The van der Waals surface area contributed by atoms with Crippen molar-refractivity contribution in [1.82, 2.24) is 9.55 Å². The summed E-state index contributed by atoms with van der Waals surface area (Å²) in [5.74, 6) is 0.736. The number of methoxy groups -OCH3 is 1. The Morgan fingerprint density at radius 3 is 2.73 bits per heavy atom. The number of aryl methyl sites for hydroxylation is 3. The van der Waals surface area contributed by atoms with Gasteiger partial charge in [-0.1, -0.05) is 18.2 Å². The Bertz CT molecular complexity index is 1270. The van der Waals surface area contributed by atoms with E-state index in [2.05, 4.69) is 4.98 Å². The second kappa shape index (κ2) is 8.16. The number of para-hydroxylation sites is 1. The number of ether oxygens (including phenoxy) is 1. The Hall–Kier alpha value is -3.39. The van der Waals surface area contributed by atoms with Crippen molar-refractivity contribution in [1.29, 1.82) is 0 Å². The van der Waals surface area contributed by atoms with Crippen molar-refractivity contribution in [2.45, 2.75) is 26.3 Å². The maximum atomic E-state index is 13.1. The Morgan fingerprint density at radius 2 is 2.03 bits per heavy atom. The number of thiophene rings is 1. The molecule has 4 rings (SSSR count). The summed E-state index contributed by atoms with van der Waals surface area (Å²) in [4.78, 5) is 29.7. The molecule has 0 bridgehead atoms. The Kier molecular flexibility index (Phi) is 5.41. The first kappa shape index (κ1) is 19.9. The lowest BCUT2D eigenvalue weighted by molar-refractivity contribution is -0.118. The summed E-state index contributed by atoms with van der Waals surface area (Å²) in [6.07, 6.45) is 6.21. The van der Waals surface area contributed by atoms with Crippen LogP contribution in [0.25, 0.3) is 20.9 Å². The van der Waals surface area contributed by atoms with Gasteiger partial charge in [0.1, 0.15) is 18.6 Å². The van der Waals surface area contributed by atoms with Gasteiger partial charge in [0.25, 0.3) is 5.56 Å². The highest BCUT2D eigenvalue weighted by atomic mass is 32.1. The second-order valence-electron chi connectivity index (χ2n) is 6.96. The molecule has 0 saturated heterocycles. The van der Waals surface area contributed by atoms with Gasteiger partial charge in [-0.15, -0.1) is 11.3 Å². The lowest BCUT2D eigenvalue weighted by Crippen LogP contribution is -2.28. The van der Waals surface area contributed by atoms with Crippen molar-refractivity contribution in [3.8, 4) is 16.5 Å². The second-order valence-corrected chi connectivity index (χ2v) is 7.98. The van der Waals surface area contributed by atoms with Crippen LogP contribution in [-0.4, -0.2) is 22.6 Å². The number of carbonyl (C=O) groups is 1. The van der Waals surface area contributed by atoms with Gasteiger partial charge in [0.2, 0.25) is 11.8 Å². The minimum atomic E-state index is -0.562. The van der Waals surface area contributed by atoms with Crippen LogP contribution in [0.4, 0.5) is 0 Å². The monoisotopic (exact) mass is 423 g/mol. The smallest absolute Gasteiger partial charge is 0.260 e. The zero-order valence-corrected chi connectivity index (χ0v) is 17.5. The van der Waals surface area contributed by atoms with Crippen LogP contribution >= 0.6 is 11.3 Å². The van der Waals surface area contributed by atoms with Crippen LogP contribution in [-0.2, 0) is 24.2 Å². The number of hydrogen-bond acceptors (Lipinski definition) is 6. The fourth-order valence-corrected chi connectivity index (χ4v) is 4.90. The van der Waals surface area contributed by atoms with Crippen LogP contribution in [0.3, 0.4) is 0 Å². The Labute approximate surface area is 176 Å². The van der Waals surface area contributed by atoms with Crippen molar-refractivity contribution in [3.63, 3.8) is 0 Å². The molecule has 0 atom stereocenters. The van der Waals surface area contributed by atoms with E-state index >= 15 is 0 Å². The van der Waals surface area contributed by atoms with Crippen LogP contribution in [0.5, 0.6) is 5.75 Å². The SMILES string of the molecule is COc1ccccc1CCc1cn(CC(N)=O)c(=O)c2c(C)c(-c3ncco3)sc12. The topological polar surface area (TPSA) is 100 Å². The normalized spacial score (nSPS) is 11.1. The van der Waals surface area contributed by atoms with Crippen LogP contribution in [0, 0.1) is 6.92 Å². The number of benzene rings is 1. The Balaban J connectivity index is 1.84. The third-order valence-electron chi connectivity index (χ3n) is 5.03. The van der Waals surface area contributed by atoms with Crippen molar-refractivity contribution in [2.75, 3.05) is 7.11 Å². The molecule has 1 amide bonds. The summed E-state index contributed by atoms with van der Waals surface area (Å²) in [5.41, 5.74) is 7.96. The van der Waals surface area contributed by atoms with Gasteiger partial charge in [-0.2, -0.15) is 0 Å². The molecule has 0 radical (unpaired) electrons. The summed E-state index contributed by atoms with van der Waals surface area (Å²) >= 11 is 1.48. The first-order valence-electron chi connectivity index (χ1n) is 9.45. The average Bonchev–Trinajstić information content (AvgIpc) is 3.37. The fourth-order valence-electron chi connectivity index (χ4n) is 3.63. The molecule has 30 heavy (non-hydrogen) atoms. The van der Waals surface area contributed by atoms with E-state index in [4.69, 9.17) is 14.9 Å². The van der Waals surface area contributed by atoms with E-state index in [1.165, 1.54) is 22.2 Å². The highest BCUT2D eigenvalue weighted by Crippen LogP contribution is 2.38. The summed E-state index contributed by atoms with van der Waals surface area (Å²) < 4.78 is 13.2. The number of pyridine rings is 1. The van der Waals surface area contributed by atoms with E-state index in [1.54, 1.807) is 19.5 Å². The minimum Gasteiger partial charge on any atom is -0.496 e. The maximum Gasteiger partial charge on any atom is 0.260 e. The van der Waals surface area contributed by atoms with Gasteiger partial charge in [0.05, 0.1) is 23.6 Å². The number of aromatic nitrogens is 2. The van der Waals surface area contributed by atoms with E-state index in [-0.39, 0.29) is 12.1 Å². The third-order valence-corrected chi connectivity index (χ3v) is 6.39. The molecule has 0 unspecified atom stereocenters. The molecule has 154 valence electrons. The minimum absolute atomic E-state index is 0.167. The highest BCUT2D eigenvalue weighted by Gasteiger charge is 2.21. The predicted molar refractivity (Wildman–Crippen MR) is 116 cm³/mol. The van der Waals surface area contributed by atoms with Gasteiger partial charge >= 0.3 is 0 Å². The van der Waals surface area contributed by atoms with Gasteiger partial charge < -0.3 is 19.5 Å². The van der Waals surface area contributed by atoms with Crippen LogP contribution in [0.1, 0.15) is 16.7 Å². The van der Waals surface area contributed by atoms with Crippen molar-refractivity contribution < 1.29 is 13.9 Å². The molecular formula is C22H21N3O4S. The number of amides is 1. The van der Waals surface area contributed by atoms with Gasteiger partial charge in [-0.05, 0) is 42.5 Å². The molecule has 8 heteroatoms. The molecule has 7 nitrogen and oxygen atoms in total. The molecule has 0 spiro atoms. The lowest BCUT2D eigenvalue weighted by atomic mass is 10.0. The number of primary amides is 1.